The van der Waals surface area contributed by atoms with E-state index < -0.39 is 15.8 Å². The van der Waals surface area contributed by atoms with Gasteiger partial charge in [0.2, 0.25) is 10.0 Å². The average Bonchev–Trinajstić information content (AvgIpc) is 3.28. The van der Waals surface area contributed by atoms with Gasteiger partial charge in [-0.15, -0.1) is 0 Å². The molecule has 0 heterocycles. The van der Waals surface area contributed by atoms with E-state index in [0.717, 1.165) is 24.5 Å². The Bertz CT molecular complexity index is 740. The summed E-state index contributed by atoms with van der Waals surface area (Å²) in [5.74, 6) is -0.727. The van der Waals surface area contributed by atoms with Crippen LogP contribution in [0.3, 0.4) is 0 Å². The zero-order valence-electron chi connectivity index (χ0n) is 11.4. The van der Waals surface area contributed by atoms with Crippen LogP contribution in [0.5, 0.6) is 0 Å². The Kier molecular flexibility index (Phi) is 3.55. The molecule has 1 fully saturated rings. The summed E-state index contributed by atoms with van der Waals surface area (Å²) in [6, 6.07) is 15.3. The minimum Gasteiger partial charge on any atom is -0.210 e. The van der Waals surface area contributed by atoms with Crippen LogP contribution in [-0.2, 0) is 15.4 Å². The van der Waals surface area contributed by atoms with Gasteiger partial charge in [0.15, 0.2) is 0 Å². The average molecular weight is 305 g/mol. The third kappa shape index (κ3) is 2.84. The van der Waals surface area contributed by atoms with Gasteiger partial charge in [0.1, 0.15) is 10.7 Å². The van der Waals surface area contributed by atoms with Gasteiger partial charge in [0.25, 0.3) is 0 Å². The minimum atomic E-state index is -3.82. The zero-order valence-corrected chi connectivity index (χ0v) is 12.2. The number of halogens is 1. The lowest BCUT2D eigenvalue weighted by atomic mass is 9.96. The van der Waals surface area contributed by atoms with E-state index in [9.17, 15) is 12.8 Å². The summed E-state index contributed by atoms with van der Waals surface area (Å²) in [5.41, 5.74) is 0.987. The Balaban J connectivity index is 1.78. The highest BCUT2D eigenvalue weighted by Gasteiger charge is 2.44. The molecule has 0 aliphatic heterocycles. The maximum absolute atomic E-state index is 13.6. The summed E-state index contributed by atoms with van der Waals surface area (Å²) >= 11 is 0. The normalized spacial score (nSPS) is 16.6. The molecule has 0 bridgehead atoms. The molecule has 0 aromatic heterocycles. The van der Waals surface area contributed by atoms with E-state index in [-0.39, 0.29) is 10.3 Å². The topological polar surface area (TPSA) is 46.2 Å². The zero-order chi connectivity index (χ0) is 14.9. The van der Waals surface area contributed by atoms with Crippen LogP contribution in [0.25, 0.3) is 0 Å². The van der Waals surface area contributed by atoms with Gasteiger partial charge in [-0.05, 0) is 30.5 Å². The first-order chi connectivity index (χ1) is 10.0. The molecule has 0 unspecified atom stereocenters. The summed E-state index contributed by atoms with van der Waals surface area (Å²) in [7, 11) is -3.82. The monoisotopic (exact) mass is 305 g/mol. The number of sulfonamides is 1. The van der Waals surface area contributed by atoms with Crippen molar-refractivity contribution < 1.29 is 12.8 Å². The molecule has 0 amide bonds. The van der Waals surface area contributed by atoms with Gasteiger partial charge in [0.05, 0.1) is 0 Å². The molecule has 1 saturated carbocycles. The smallest absolute Gasteiger partial charge is 0.210 e. The van der Waals surface area contributed by atoms with Gasteiger partial charge in [-0.3, -0.25) is 0 Å². The van der Waals surface area contributed by atoms with Crippen molar-refractivity contribution in [2.24, 2.45) is 0 Å². The highest BCUT2D eigenvalue weighted by molar-refractivity contribution is 7.89. The van der Waals surface area contributed by atoms with E-state index in [1.165, 1.54) is 18.2 Å². The van der Waals surface area contributed by atoms with Crippen molar-refractivity contribution in [2.45, 2.75) is 23.2 Å². The Morgan fingerprint density at radius 2 is 1.62 bits per heavy atom. The van der Waals surface area contributed by atoms with Crippen LogP contribution in [0.1, 0.15) is 18.4 Å². The Morgan fingerprint density at radius 3 is 2.24 bits per heavy atom. The summed E-state index contributed by atoms with van der Waals surface area (Å²) in [4.78, 5) is -0.297. The second-order valence-corrected chi connectivity index (χ2v) is 7.14. The first-order valence-electron chi connectivity index (χ1n) is 6.83. The molecule has 3 rings (SSSR count). The summed E-state index contributed by atoms with van der Waals surface area (Å²) in [6.45, 7) is 0.299. The second kappa shape index (κ2) is 5.24. The van der Waals surface area contributed by atoms with Gasteiger partial charge in [0, 0.05) is 12.0 Å². The third-order valence-electron chi connectivity index (χ3n) is 3.97. The molecule has 2 aromatic carbocycles. The lowest BCUT2D eigenvalue weighted by Crippen LogP contribution is -2.32. The fourth-order valence-electron chi connectivity index (χ4n) is 2.48. The Labute approximate surface area is 123 Å². The molecule has 2 aromatic rings. The van der Waals surface area contributed by atoms with Crippen LogP contribution in [-0.4, -0.2) is 15.0 Å². The molecular formula is C16H16FNO2S. The minimum absolute atomic E-state index is 0.139. The molecule has 1 aliphatic carbocycles. The lowest BCUT2D eigenvalue weighted by Gasteiger charge is -2.16. The first-order valence-corrected chi connectivity index (χ1v) is 8.32. The number of rotatable bonds is 5. The molecule has 0 radical (unpaired) electrons. The van der Waals surface area contributed by atoms with E-state index in [1.807, 2.05) is 30.3 Å². The lowest BCUT2D eigenvalue weighted by molar-refractivity contribution is 0.548. The maximum Gasteiger partial charge on any atom is 0.243 e. The number of benzene rings is 2. The standard InChI is InChI=1S/C16H16FNO2S/c17-14-8-4-5-9-15(14)21(19,20)18-12-16(10-11-16)13-6-2-1-3-7-13/h1-9,18H,10-12H2. The maximum atomic E-state index is 13.6. The van der Waals surface area contributed by atoms with Gasteiger partial charge in [-0.25, -0.2) is 17.5 Å². The van der Waals surface area contributed by atoms with E-state index in [2.05, 4.69) is 4.72 Å². The summed E-state index contributed by atoms with van der Waals surface area (Å²) in [5, 5.41) is 0. The summed E-state index contributed by atoms with van der Waals surface area (Å²) < 4.78 is 40.6. The van der Waals surface area contributed by atoms with Crippen LogP contribution in [0.2, 0.25) is 0 Å². The number of hydrogen-bond donors (Lipinski definition) is 1. The highest BCUT2D eigenvalue weighted by Crippen LogP contribution is 2.47. The largest absolute Gasteiger partial charge is 0.243 e. The van der Waals surface area contributed by atoms with Crippen LogP contribution in [0.4, 0.5) is 4.39 Å². The SMILES string of the molecule is O=S(=O)(NCC1(c2ccccc2)CC1)c1ccccc1F. The molecule has 0 saturated heterocycles. The van der Waals surface area contributed by atoms with Gasteiger partial charge in [-0.1, -0.05) is 42.5 Å². The molecule has 21 heavy (non-hydrogen) atoms. The van der Waals surface area contributed by atoms with E-state index in [1.54, 1.807) is 0 Å². The molecular weight excluding hydrogens is 289 g/mol. The van der Waals surface area contributed by atoms with Gasteiger partial charge >= 0.3 is 0 Å². The van der Waals surface area contributed by atoms with Crippen LogP contribution in [0, 0.1) is 5.82 Å². The van der Waals surface area contributed by atoms with E-state index in [4.69, 9.17) is 0 Å². The molecule has 0 spiro atoms. The first kappa shape index (κ1) is 14.2. The predicted octanol–water partition coefficient (Wildman–Crippen LogP) is 2.84. The summed E-state index contributed by atoms with van der Waals surface area (Å²) in [6.07, 6.45) is 1.88. The van der Waals surface area contributed by atoms with Crippen molar-refractivity contribution in [3.05, 3.63) is 66.0 Å². The van der Waals surface area contributed by atoms with Crippen molar-refractivity contribution in [3.63, 3.8) is 0 Å². The second-order valence-electron chi connectivity index (χ2n) is 5.40. The van der Waals surface area contributed by atoms with Crippen molar-refractivity contribution in [2.75, 3.05) is 6.54 Å². The highest BCUT2D eigenvalue weighted by atomic mass is 32.2. The number of nitrogens with one attached hydrogen (secondary N) is 1. The van der Waals surface area contributed by atoms with Crippen molar-refractivity contribution in [1.29, 1.82) is 0 Å². The third-order valence-corrected chi connectivity index (χ3v) is 5.40. The quantitative estimate of drug-likeness (QED) is 0.923. The van der Waals surface area contributed by atoms with Gasteiger partial charge in [-0.2, -0.15) is 0 Å². The Hall–Kier alpha value is -1.72. The van der Waals surface area contributed by atoms with E-state index in [0.29, 0.717) is 6.54 Å². The van der Waals surface area contributed by atoms with E-state index >= 15 is 0 Å². The predicted molar refractivity (Wildman–Crippen MR) is 78.9 cm³/mol. The Morgan fingerprint density at radius 1 is 1.00 bits per heavy atom. The fourth-order valence-corrected chi connectivity index (χ4v) is 3.69. The van der Waals surface area contributed by atoms with Crippen LogP contribution >= 0.6 is 0 Å². The molecule has 5 heteroatoms. The molecule has 0 atom stereocenters. The molecule has 1 N–H and O–H groups in total. The van der Waals surface area contributed by atoms with Crippen molar-refractivity contribution in [1.82, 2.24) is 4.72 Å². The van der Waals surface area contributed by atoms with Gasteiger partial charge < -0.3 is 0 Å². The number of hydrogen-bond acceptors (Lipinski definition) is 2. The van der Waals surface area contributed by atoms with Crippen molar-refractivity contribution in [3.8, 4) is 0 Å². The molecule has 110 valence electrons. The van der Waals surface area contributed by atoms with Crippen LogP contribution in [0.15, 0.2) is 59.5 Å². The fraction of sp³-hybridized carbons (Fsp3) is 0.250. The van der Waals surface area contributed by atoms with Crippen LogP contribution < -0.4 is 4.72 Å². The molecule has 1 aliphatic rings. The van der Waals surface area contributed by atoms with Crippen molar-refractivity contribution >= 4 is 10.0 Å². The molecule has 3 nitrogen and oxygen atoms in total.